The topological polar surface area (TPSA) is 0 Å². The van der Waals surface area contributed by atoms with Crippen LogP contribution in [0.4, 0.5) is 0 Å². The maximum Gasteiger partial charge on any atom is -0.0365 e. The van der Waals surface area contributed by atoms with Crippen molar-refractivity contribution in [3.05, 3.63) is 0 Å². The zero-order valence-electron chi connectivity index (χ0n) is 12.8. The molecular formula is C17H34. The van der Waals surface area contributed by atoms with E-state index in [9.17, 15) is 0 Å². The smallest absolute Gasteiger partial charge is 0.0365 e. The molecule has 4 unspecified atom stereocenters. The first kappa shape index (κ1) is 15.1. The molecule has 0 aliphatic heterocycles. The molecular weight excluding hydrogens is 204 g/mol. The van der Waals surface area contributed by atoms with E-state index in [0.717, 1.165) is 29.6 Å². The van der Waals surface area contributed by atoms with Gasteiger partial charge in [0.25, 0.3) is 0 Å². The van der Waals surface area contributed by atoms with Crippen LogP contribution in [0.2, 0.25) is 0 Å². The van der Waals surface area contributed by atoms with Crippen molar-refractivity contribution < 1.29 is 0 Å². The van der Waals surface area contributed by atoms with Crippen molar-refractivity contribution >= 4 is 0 Å². The fraction of sp³-hybridized carbons (Fsp3) is 1.00. The van der Waals surface area contributed by atoms with E-state index < -0.39 is 0 Å². The molecule has 0 saturated heterocycles. The maximum atomic E-state index is 2.40. The van der Waals surface area contributed by atoms with Crippen LogP contribution in [0, 0.1) is 29.6 Å². The van der Waals surface area contributed by atoms with Crippen LogP contribution in [-0.2, 0) is 0 Å². The molecule has 0 aromatic heterocycles. The molecule has 2 saturated carbocycles. The van der Waals surface area contributed by atoms with Gasteiger partial charge in [0, 0.05) is 0 Å². The molecule has 0 radical (unpaired) electrons. The second kappa shape index (κ2) is 7.44. The van der Waals surface area contributed by atoms with Crippen molar-refractivity contribution in [1.82, 2.24) is 0 Å². The molecule has 0 nitrogen and oxygen atoms in total. The van der Waals surface area contributed by atoms with Gasteiger partial charge in [0.15, 0.2) is 0 Å². The molecule has 0 bridgehead atoms. The minimum atomic E-state index is 0.919. The lowest BCUT2D eigenvalue weighted by atomic mass is 9.87. The molecule has 17 heavy (non-hydrogen) atoms. The Morgan fingerprint density at radius 3 is 1.94 bits per heavy atom. The normalized spacial score (nSPS) is 37.1. The Balaban J connectivity index is 0.000000171. The number of hydrogen-bond acceptors (Lipinski definition) is 0. The highest BCUT2D eigenvalue weighted by Crippen LogP contribution is 2.36. The Morgan fingerprint density at radius 1 is 1.00 bits per heavy atom. The van der Waals surface area contributed by atoms with Crippen molar-refractivity contribution in [3.8, 4) is 0 Å². The van der Waals surface area contributed by atoms with E-state index >= 15 is 0 Å². The first-order valence-corrected chi connectivity index (χ1v) is 8.04. The molecule has 0 heteroatoms. The van der Waals surface area contributed by atoms with Crippen LogP contribution < -0.4 is 0 Å². The molecule has 2 aliphatic carbocycles. The molecule has 4 atom stereocenters. The van der Waals surface area contributed by atoms with Gasteiger partial charge in [-0.2, -0.15) is 0 Å². The quantitative estimate of drug-likeness (QED) is 0.561. The van der Waals surface area contributed by atoms with Crippen molar-refractivity contribution in [3.63, 3.8) is 0 Å². The van der Waals surface area contributed by atoms with Crippen molar-refractivity contribution in [2.24, 2.45) is 29.6 Å². The minimum Gasteiger partial charge on any atom is -0.0651 e. The summed E-state index contributed by atoms with van der Waals surface area (Å²) >= 11 is 0. The van der Waals surface area contributed by atoms with Gasteiger partial charge in [-0.05, 0) is 42.4 Å². The maximum absolute atomic E-state index is 2.40. The molecule has 102 valence electrons. The summed E-state index contributed by atoms with van der Waals surface area (Å²) in [7, 11) is 0. The highest BCUT2D eigenvalue weighted by atomic mass is 14.3. The van der Waals surface area contributed by atoms with E-state index in [0.29, 0.717) is 0 Å². The first-order chi connectivity index (χ1) is 8.04. The summed E-state index contributed by atoms with van der Waals surface area (Å²) in [5, 5.41) is 0. The largest absolute Gasteiger partial charge is 0.0651 e. The monoisotopic (exact) mass is 238 g/mol. The fourth-order valence-electron chi connectivity index (χ4n) is 3.86. The summed E-state index contributed by atoms with van der Waals surface area (Å²) in [6, 6.07) is 0. The van der Waals surface area contributed by atoms with Gasteiger partial charge in [-0.3, -0.25) is 0 Å². The highest BCUT2D eigenvalue weighted by Gasteiger charge is 2.25. The molecule has 2 rings (SSSR count). The van der Waals surface area contributed by atoms with Crippen LogP contribution in [0.3, 0.4) is 0 Å². The molecule has 0 N–H and O–H groups in total. The molecule has 0 heterocycles. The van der Waals surface area contributed by atoms with Crippen LogP contribution in [0.5, 0.6) is 0 Å². The van der Waals surface area contributed by atoms with E-state index in [-0.39, 0.29) is 0 Å². The Hall–Kier alpha value is 0. The first-order valence-electron chi connectivity index (χ1n) is 8.04. The second-order valence-corrected chi connectivity index (χ2v) is 7.01. The average molecular weight is 238 g/mol. The zero-order chi connectivity index (χ0) is 12.8. The van der Waals surface area contributed by atoms with Gasteiger partial charge in [-0.15, -0.1) is 0 Å². The van der Waals surface area contributed by atoms with Crippen LogP contribution in [0.1, 0.15) is 79.6 Å². The number of hydrogen-bond donors (Lipinski definition) is 0. The van der Waals surface area contributed by atoms with Gasteiger partial charge in [-0.1, -0.05) is 66.7 Å². The summed E-state index contributed by atoms with van der Waals surface area (Å²) in [6.07, 6.45) is 10.3. The fourth-order valence-corrected chi connectivity index (χ4v) is 3.86. The molecule has 0 spiro atoms. The third kappa shape index (κ3) is 5.02. The van der Waals surface area contributed by atoms with Gasteiger partial charge in [-0.25, -0.2) is 0 Å². The van der Waals surface area contributed by atoms with Crippen molar-refractivity contribution in [2.75, 3.05) is 0 Å². The second-order valence-electron chi connectivity index (χ2n) is 7.01. The Morgan fingerprint density at radius 2 is 1.71 bits per heavy atom. The molecule has 0 aromatic rings. The Labute approximate surface area is 110 Å². The predicted molar refractivity (Wildman–Crippen MR) is 78.1 cm³/mol. The Bertz CT molecular complexity index is 194. The summed E-state index contributed by atoms with van der Waals surface area (Å²) in [6.45, 7) is 11.8. The molecule has 2 aliphatic rings. The predicted octanol–water partition coefficient (Wildman–Crippen LogP) is 5.91. The van der Waals surface area contributed by atoms with Gasteiger partial charge < -0.3 is 0 Å². The lowest BCUT2D eigenvalue weighted by molar-refractivity contribution is 0.314. The Kier molecular flexibility index (Phi) is 6.59. The molecule has 0 amide bonds. The van der Waals surface area contributed by atoms with Gasteiger partial charge >= 0.3 is 0 Å². The van der Waals surface area contributed by atoms with E-state index in [1.54, 1.807) is 0 Å². The van der Waals surface area contributed by atoms with E-state index in [1.807, 2.05) is 0 Å². The van der Waals surface area contributed by atoms with E-state index in [4.69, 9.17) is 0 Å². The van der Waals surface area contributed by atoms with E-state index in [2.05, 4.69) is 34.6 Å². The third-order valence-corrected chi connectivity index (χ3v) is 5.16. The summed E-state index contributed by atoms with van der Waals surface area (Å²) < 4.78 is 0. The zero-order valence-corrected chi connectivity index (χ0v) is 12.8. The van der Waals surface area contributed by atoms with Crippen molar-refractivity contribution in [1.29, 1.82) is 0 Å². The minimum absolute atomic E-state index is 0.919. The van der Waals surface area contributed by atoms with Gasteiger partial charge in [0.05, 0.1) is 0 Å². The number of rotatable bonds is 2. The molecule has 2 fully saturated rings. The van der Waals surface area contributed by atoms with Crippen molar-refractivity contribution in [2.45, 2.75) is 79.6 Å². The van der Waals surface area contributed by atoms with Crippen LogP contribution in [0.25, 0.3) is 0 Å². The lowest BCUT2D eigenvalue weighted by Crippen LogP contribution is -2.10. The molecule has 0 aromatic carbocycles. The lowest BCUT2D eigenvalue weighted by Gasteiger charge is -2.18. The highest BCUT2D eigenvalue weighted by molar-refractivity contribution is 4.76. The van der Waals surface area contributed by atoms with Gasteiger partial charge in [0.2, 0.25) is 0 Å². The van der Waals surface area contributed by atoms with Crippen LogP contribution in [-0.4, -0.2) is 0 Å². The SMILES string of the molecule is CC(C)C1CCCC1C.CCC1CCC(C)C1. The standard InChI is InChI=1S/C9H18.C8H16/c1-7(2)9-6-4-5-8(9)3;1-3-8-5-4-7(2)6-8/h7-9H,4-6H2,1-3H3;7-8H,3-6H2,1-2H3. The summed E-state index contributed by atoms with van der Waals surface area (Å²) in [5.74, 6) is 5.06. The average Bonchev–Trinajstić information content (AvgIpc) is 2.87. The van der Waals surface area contributed by atoms with E-state index in [1.165, 1.54) is 44.9 Å². The third-order valence-electron chi connectivity index (χ3n) is 5.16. The van der Waals surface area contributed by atoms with Crippen LogP contribution in [0.15, 0.2) is 0 Å². The summed E-state index contributed by atoms with van der Waals surface area (Å²) in [5.41, 5.74) is 0. The van der Waals surface area contributed by atoms with Gasteiger partial charge in [0.1, 0.15) is 0 Å². The van der Waals surface area contributed by atoms with Crippen LogP contribution >= 0.6 is 0 Å². The summed E-state index contributed by atoms with van der Waals surface area (Å²) in [4.78, 5) is 0.